The number of nitrogens with two attached hydrogens (primary N) is 1. The van der Waals surface area contributed by atoms with Crippen LogP contribution in [0.5, 0.6) is 5.75 Å². The number of methoxy groups -OCH3 is 1. The van der Waals surface area contributed by atoms with Crippen LogP contribution in [0.25, 0.3) is 0 Å². The highest BCUT2D eigenvalue weighted by Crippen LogP contribution is 2.20. The summed E-state index contributed by atoms with van der Waals surface area (Å²) >= 11 is 0. The lowest BCUT2D eigenvalue weighted by atomic mass is 10.1. The Morgan fingerprint density at radius 1 is 1.32 bits per heavy atom. The summed E-state index contributed by atoms with van der Waals surface area (Å²) < 4.78 is 5.04. The monoisotopic (exact) mass is 257 g/mol. The van der Waals surface area contributed by atoms with Crippen molar-refractivity contribution in [3.63, 3.8) is 0 Å². The first-order valence-electron chi connectivity index (χ1n) is 5.76. The molecular weight excluding hydrogens is 242 g/mol. The first-order chi connectivity index (χ1) is 9.10. The molecule has 3 N–H and O–H groups in total. The SMILES string of the molecule is COc1ccc(C(=O)Nc2cncc(C)c2)c(N)c1. The molecule has 1 heterocycles. The number of nitrogens with one attached hydrogen (secondary N) is 1. The fourth-order valence-corrected chi connectivity index (χ4v) is 1.70. The van der Waals surface area contributed by atoms with Gasteiger partial charge in [-0.05, 0) is 30.7 Å². The number of nitrogen functional groups attached to an aromatic ring is 1. The third-order valence-corrected chi connectivity index (χ3v) is 2.64. The molecule has 0 aliphatic rings. The van der Waals surface area contributed by atoms with Crippen molar-refractivity contribution in [3.05, 3.63) is 47.8 Å². The van der Waals surface area contributed by atoms with Crippen LogP contribution < -0.4 is 15.8 Å². The van der Waals surface area contributed by atoms with Crippen LogP contribution in [-0.4, -0.2) is 18.0 Å². The summed E-state index contributed by atoms with van der Waals surface area (Å²) in [5.41, 5.74) is 8.21. The molecule has 0 saturated heterocycles. The van der Waals surface area contributed by atoms with E-state index in [0.29, 0.717) is 22.7 Å². The Labute approximate surface area is 111 Å². The minimum absolute atomic E-state index is 0.271. The van der Waals surface area contributed by atoms with E-state index < -0.39 is 0 Å². The van der Waals surface area contributed by atoms with Crippen molar-refractivity contribution < 1.29 is 9.53 Å². The molecule has 19 heavy (non-hydrogen) atoms. The first kappa shape index (κ1) is 12.9. The number of amides is 1. The second kappa shape index (κ2) is 5.39. The van der Waals surface area contributed by atoms with Gasteiger partial charge >= 0.3 is 0 Å². The van der Waals surface area contributed by atoms with E-state index in [9.17, 15) is 4.79 Å². The van der Waals surface area contributed by atoms with Crippen LogP contribution in [0.3, 0.4) is 0 Å². The number of carbonyl (C=O) groups is 1. The van der Waals surface area contributed by atoms with Crippen LogP contribution >= 0.6 is 0 Å². The van der Waals surface area contributed by atoms with Crippen LogP contribution in [0.4, 0.5) is 11.4 Å². The second-order valence-corrected chi connectivity index (χ2v) is 4.16. The number of ether oxygens (including phenoxy) is 1. The Morgan fingerprint density at radius 2 is 2.11 bits per heavy atom. The Hall–Kier alpha value is -2.56. The van der Waals surface area contributed by atoms with Crippen LogP contribution in [0.2, 0.25) is 0 Å². The van der Waals surface area contributed by atoms with E-state index in [1.54, 1.807) is 37.7 Å². The van der Waals surface area contributed by atoms with Crippen LogP contribution in [0, 0.1) is 6.92 Å². The molecule has 0 atom stereocenters. The highest BCUT2D eigenvalue weighted by molar-refractivity contribution is 6.07. The van der Waals surface area contributed by atoms with E-state index in [4.69, 9.17) is 10.5 Å². The minimum Gasteiger partial charge on any atom is -0.497 e. The van der Waals surface area contributed by atoms with Crippen LogP contribution in [-0.2, 0) is 0 Å². The van der Waals surface area contributed by atoms with E-state index in [1.165, 1.54) is 0 Å². The lowest BCUT2D eigenvalue weighted by Gasteiger charge is -2.09. The zero-order valence-electron chi connectivity index (χ0n) is 10.8. The Balaban J connectivity index is 2.20. The number of carbonyl (C=O) groups excluding carboxylic acids is 1. The van der Waals surface area contributed by atoms with Crippen molar-refractivity contribution in [2.45, 2.75) is 6.92 Å². The molecular formula is C14H15N3O2. The first-order valence-corrected chi connectivity index (χ1v) is 5.76. The second-order valence-electron chi connectivity index (χ2n) is 4.16. The average molecular weight is 257 g/mol. The van der Waals surface area contributed by atoms with Crippen molar-refractivity contribution in [2.75, 3.05) is 18.2 Å². The summed E-state index contributed by atoms with van der Waals surface area (Å²) in [7, 11) is 1.55. The van der Waals surface area contributed by atoms with Gasteiger partial charge < -0.3 is 15.8 Å². The van der Waals surface area contributed by atoms with E-state index in [-0.39, 0.29) is 5.91 Å². The van der Waals surface area contributed by atoms with Crippen molar-refractivity contribution in [1.29, 1.82) is 0 Å². The van der Waals surface area contributed by atoms with Gasteiger partial charge in [0.1, 0.15) is 5.75 Å². The molecule has 2 rings (SSSR count). The highest BCUT2D eigenvalue weighted by atomic mass is 16.5. The lowest BCUT2D eigenvalue weighted by Crippen LogP contribution is -2.14. The van der Waals surface area contributed by atoms with Gasteiger partial charge in [0.2, 0.25) is 0 Å². The Kier molecular flexibility index (Phi) is 3.66. The molecule has 1 aromatic carbocycles. The molecule has 5 heteroatoms. The summed E-state index contributed by atoms with van der Waals surface area (Å²) in [6, 6.07) is 6.78. The molecule has 0 saturated carbocycles. The van der Waals surface area contributed by atoms with Gasteiger partial charge in [-0.1, -0.05) is 0 Å². The normalized spacial score (nSPS) is 10.0. The molecule has 1 amide bonds. The Morgan fingerprint density at radius 3 is 2.74 bits per heavy atom. The smallest absolute Gasteiger partial charge is 0.257 e. The third kappa shape index (κ3) is 3.01. The number of hydrogen-bond acceptors (Lipinski definition) is 4. The molecule has 98 valence electrons. The molecule has 0 unspecified atom stereocenters. The minimum atomic E-state index is -0.271. The predicted molar refractivity (Wildman–Crippen MR) is 74.3 cm³/mol. The van der Waals surface area contributed by atoms with Crippen LogP contribution in [0.15, 0.2) is 36.7 Å². The number of rotatable bonds is 3. The topological polar surface area (TPSA) is 77.2 Å². The van der Waals surface area contributed by atoms with E-state index in [2.05, 4.69) is 10.3 Å². The van der Waals surface area contributed by atoms with Gasteiger partial charge in [-0.3, -0.25) is 9.78 Å². The van der Waals surface area contributed by atoms with Crippen molar-refractivity contribution in [1.82, 2.24) is 4.98 Å². The zero-order chi connectivity index (χ0) is 13.8. The average Bonchev–Trinajstić information content (AvgIpc) is 2.38. The maximum Gasteiger partial charge on any atom is 0.257 e. The Bertz CT molecular complexity index is 611. The van der Waals surface area contributed by atoms with E-state index in [1.807, 2.05) is 13.0 Å². The molecule has 0 aliphatic carbocycles. The molecule has 0 bridgehead atoms. The number of aromatic nitrogens is 1. The molecule has 0 spiro atoms. The van der Waals surface area contributed by atoms with Gasteiger partial charge in [-0.2, -0.15) is 0 Å². The standard InChI is InChI=1S/C14H15N3O2/c1-9-5-10(8-16-7-9)17-14(18)12-4-3-11(19-2)6-13(12)15/h3-8H,15H2,1-2H3,(H,17,18). The summed E-state index contributed by atoms with van der Waals surface area (Å²) in [5.74, 6) is 0.346. The van der Waals surface area contributed by atoms with Gasteiger partial charge in [-0.25, -0.2) is 0 Å². The molecule has 2 aromatic rings. The maximum absolute atomic E-state index is 12.1. The highest BCUT2D eigenvalue weighted by Gasteiger charge is 2.11. The molecule has 5 nitrogen and oxygen atoms in total. The summed E-state index contributed by atoms with van der Waals surface area (Å²) in [6.07, 6.45) is 3.31. The van der Waals surface area contributed by atoms with Crippen molar-refractivity contribution in [2.24, 2.45) is 0 Å². The fourth-order valence-electron chi connectivity index (χ4n) is 1.70. The predicted octanol–water partition coefficient (Wildman–Crippen LogP) is 2.23. The van der Waals surface area contributed by atoms with Gasteiger partial charge in [0.25, 0.3) is 5.91 Å². The number of aryl methyl sites for hydroxylation is 1. The van der Waals surface area contributed by atoms with Gasteiger partial charge in [0.05, 0.1) is 24.6 Å². The lowest BCUT2D eigenvalue weighted by molar-refractivity contribution is 0.102. The largest absolute Gasteiger partial charge is 0.497 e. The number of nitrogens with zero attached hydrogens (tertiary/aromatic N) is 1. The molecule has 0 aliphatic heterocycles. The van der Waals surface area contributed by atoms with Crippen LogP contribution in [0.1, 0.15) is 15.9 Å². The van der Waals surface area contributed by atoms with Gasteiger partial charge in [-0.15, -0.1) is 0 Å². The van der Waals surface area contributed by atoms with E-state index in [0.717, 1.165) is 5.56 Å². The molecule has 0 fully saturated rings. The maximum atomic E-state index is 12.1. The van der Waals surface area contributed by atoms with Crippen molar-refractivity contribution >= 4 is 17.3 Å². The third-order valence-electron chi connectivity index (χ3n) is 2.64. The van der Waals surface area contributed by atoms with Gasteiger partial charge in [0.15, 0.2) is 0 Å². The number of pyridine rings is 1. The fraction of sp³-hybridized carbons (Fsp3) is 0.143. The summed E-state index contributed by atoms with van der Waals surface area (Å²) in [4.78, 5) is 16.1. The quantitative estimate of drug-likeness (QED) is 0.827. The van der Waals surface area contributed by atoms with Gasteiger partial charge in [0, 0.05) is 18.0 Å². The molecule has 0 radical (unpaired) electrons. The zero-order valence-corrected chi connectivity index (χ0v) is 10.8. The molecule has 1 aromatic heterocycles. The number of anilines is 2. The summed E-state index contributed by atoms with van der Waals surface area (Å²) in [6.45, 7) is 1.91. The number of hydrogen-bond donors (Lipinski definition) is 2. The number of benzene rings is 1. The van der Waals surface area contributed by atoms with Crippen molar-refractivity contribution in [3.8, 4) is 5.75 Å². The van der Waals surface area contributed by atoms with E-state index >= 15 is 0 Å². The summed E-state index contributed by atoms with van der Waals surface area (Å²) in [5, 5.41) is 2.76.